The van der Waals surface area contributed by atoms with Gasteiger partial charge >= 0.3 is 0 Å². The highest BCUT2D eigenvalue weighted by Gasteiger charge is 2.13. The average molecular weight is 342 g/mol. The van der Waals surface area contributed by atoms with Crippen LogP contribution in [0.3, 0.4) is 0 Å². The molecule has 0 aliphatic carbocycles. The fraction of sp³-hybridized carbons (Fsp3) is 0.385. The van der Waals surface area contributed by atoms with Crippen LogP contribution in [0.25, 0.3) is 0 Å². The first-order valence-corrected chi connectivity index (χ1v) is 7.83. The van der Waals surface area contributed by atoms with Gasteiger partial charge in [-0.1, -0.05) is 13.8 Å². The lowest BCUT2D eigenvalue weighted by atomic mass is 10.1. The summed E-state index contributed by atoms with van der Waals surface area (Å²) >= 11 is 5.10. The molecule has 1 amide bonds. The monoisotopic (exact) mass is 341 g/mol. The molecule has 0 radical (unpaired) electrons. The molecule has 6 heteroatoms. The molecule has 2 aromatic heterocycles. The van der Waals surface area contributed by atoms with Crippen molar-refractivity contribution in [1.82, 2.24) is 9.78 Å². The summed E-state index contributed by atoms with van der Waals surface area (Å²) in [6.07, 6.45) is 2.53. The van der Waals surface area contributed by atoms with Gasteiger partial charge in [0.25, 0.3) is 0 Å². The maximum absolute atomic E-state index is 11.9. The van der Waals surface area contributed by atoms with E-state index >= 15 is 0 Å². The van der Waals surface area contributed by atoms with E-state index in [-0.39, 0.29) is 11.8 Å². The molecule has 2 heterocycles. The number of nitrogens with zero attached hydrogens (tertiary/aromatic N) is 2. The van der Waals surface area contributed by atoms with Gasteiger partial charge in [0, 0.05) is 26.7 Å². The maximum atomic E-state index is 11.9. The number of nitrogens with one attached hydrogen (secondary N) is 1. The van der Waals surface area contributed by atoms with Crippen LogP contribution in [-0.2, 0) is 11.3 Å². The van der Waals surface area contributed by atoms with Gasteiger partial charge in [0.1, 0.15) is 5.82 Å². The van der Waals surface area contributed by atoms with Crippen molar-refractivity contribution in [3.63, 3.8) is 0 Å². The van der Waals surface area contributed by atoms with Gasteiger partial charge < -0.3 is 5.32 Å². The van der Waals surface area contributed by atoms with Crippen molar-refractivity contribution >= 4 is 39.0 Å². The average Bonchev–Trinajstić information content (AvgIpc) is 2.99. The summed E-state index contributed by atoms with van der Waals surface area (Å²) in [6.45, 7) is 4.59. The van der Waals surface area contributed by atoms with Crippen molar-refractivity contribution < 1.29 is 4.79 Å². The molecule has 0 unspecified atom stereocenters. The molecular formula is C13H16BrN3OS. The maximum Gasteiger partial charge on any atom is 0.228 e. The fourth-order valence-corrected chi connectivity index (χ4v) is 3.02. The molecule has 0 saturated heterocycles. The van der Waals surface area contributed by atoms with E-state index in [1.54, 1.807) is 22.2 Å². The smallest absolute Gasteiger partial charge is 0.228 e. The Morgan fingerprint density at radius 2 is 2.42 bits per heavy atom. The van der Waals surface area contributed by atoms with Crippen LogP contribution in [0.5, 0.6) is 0 Å². The molecule has 0 bridgehead atoms. The Balaban J connectivity index is 2.07. The molecule has 2 rings (SSSR count). The van der Waals surface area contributed by atoms with E-state index in [1.807, 2.05) is 25.3 Å². The second-order valence-electron chi connectivity index (χ2n) is 4.40. The highest BCUT2D eigenvalue weighted by Crippen LogP contribution is 2.21. The Labute approximate surface area is 125 Å². The zero-order valence-corrected chi connectivity index (χ0v) is 13.3. The van der Waals surface area contributed by atoms with Gasteiger partial charge in [-0.15, -0.1) is 11.3 Å². The molecule has 19 heavy (non-hydrogen) atoms. The highest BCUT2D eigenvalue weighted by molar-refractivity contribution is 9.10. The van der Waals surface area contributed by atoms with Crippen molar-refractivity contribution in [1.29, 1.82) is 0 Å². The predicted octanol–water partition coefficient (Wildman–Crippen LogP) is 3.74. The number of anilines is 1. The lowest BCUT2D eigenvalue weighted by molar-refractivity contribution is -0.119. The van der Waals surface area contributed by atoms with Crippen LogP contribution in [0.4, 0.5) is 5.82 Å². The zero-order valence-electron chi connectivity index (χ0n) is 10.9. The van der Waals surface area contributed by atoms with Crippen LogP contribution in [0.1, 0.15) is 25.1 Å². The Bertz CT molecular complexity index is 564. The number of halogens is 1. The van der Waals surface area contributed by atoms with Crippen molar-refractivity contribution in [3.8, 4) is 0 Å². The summed E-state index contributed by atoms with van der Waals surface area (Å²) in [5.41, 5.74) is 0. The fourth-order valence-electron chi connectivity index (χ4n) is 1.58. The van der Waals surface area contributed by atoms with Crippen molar-refractivity contribution in [3.05, 3.63) is 33.1 Å². The highest BCUT2D eigenvalue weighted by atomic mass is 79.9. The minimum atomic E-state index is 0.0132. The second-order valence-corrected chi connectivity index (χ2v) is 6.32. The summed E-state index contributed by atoms with van der Waals surface area (Å²) in [5, 5.41) is 9.21. The van der Waals surface area contributed by atoms with Gasteiger partial charge in [-0.25, -0.2) is 4.68 Å². The summed E-state index contributed by atoms with van der Waals surface area (Å²) in [4.78, 5) is 13.1. The third kappa shape index (κ3) is 3.67. The standard InChI is InChI=1S/C13H16BrN3OS/c1-3-9(2)13(18)16-12-4-5-15-17(12)7-11-6-10(14)8-19-11/h4-6,8-9H,3,7H2,1-2H3,(H,16,18)/t9-/m0/s1. The second kappa shape index (κ2) is 6.34. The van der Waals surface area contributed by atoms with Crippen LogP contribution >= 0.6 is 27.3 Å². The molecule has 102 valence electrons. The molecule has 1 atom stereocenters. The Morgan fingerprint density at radius 1 is 1.63 bits per heavy atom. The summed E-state index contributed by atoms with van der Waals surface area (Å²) < 4.78 is 2.88. The Hall–Kier alpha value is -1.14. The molecule has 0 fully saturated rings. The minimum absolute atomic E-state index is 0.0132. The number of thiophene rings is 1. The molecule has 1 N–H and O–H groups in total. The quantitative estimate of drug-likeness (QED) is 0.900. The van der Waals surface area contributed by atoms with Crippen LogP contribution in [0.2, 0.25) is 0 Å². The molecule has 4 nitrogen and oxygen atoms in total. The third-order valence-corrected chi connectivity index (χ3v) is 4.64. The normalized spacial score (nSPS) is 12.4. The number of aromatic nitrogens is 2. The van der Waals surface area contributed by atoms with Crippen molar-refractivity contribution in [2.24, 2.45) is 5.92 Å². The zero-order chi connectivity index (χ0) is 13.8. The minimum Gasteiger partial charge on any atom is -0.311 e. The van der Waals surface area contributed by atoms with Crippen molar-refractivity contribution in [2.75, 3.05) is 5.32 Å². The molecule has 0 aliphatic rings. The lowest BCUT2D eigenvalue weighted by Crippen LogP contribution is -2.21. The van der Waals surface area contributed by atoms with Crippen LogP contribution < -0.4 is 5.32 Å². The first kappa shape index (κ1) is 14.3. The lowest BCUT2D eigenvalue weighted by Gasteiger charge is -2.11. The van der Waals surface area contributed by atoms with Gasteiger partial charge in [-0.3, -0.25) is 4.79 Å². The van der Waals surface area contributed by atoms with Crippen molar-refractivity contribution in [2.45, 2.75) is 26.8 Å². The van der Waals surface area contributed by atoms with Gasteiger partial charge in [0.2, 0.25) is 5.91 Å². The molecule has 0 spiro atoms. The first-order chi connectivity index (χ1) is 9.10. The number of hydrogen-bond donors (Lipinski definition) is 1. The largest absolute Gasteiger partial charge is 0.311 e. The van der Waals surface area contributed by atoms with Gasteiger partial charge in [0.05, 0.1) is 12.7 Å². The Morgan fingerprint density at radius 3 is 3.05 bits per heavy atom. The van der Waals surface area contributed by atoms with Crippen LogP contribution in [0, 0.1) is 5.92 Å². The van der Waals surface area contributed by atoms with E-state index < -0.39 is 0 Å². The van der Waals surface area contributed by atoms with Crippen LogP contribution in [-0.4, -0.2) is 15.7 Å². The topological polar surface area (TPSA) is 46.9 Å². The number of carbonyl (C=O) groups excluding carboxylic acids is 1. The summed E-state index contributed by atoms with van der Waals surface area (Å²) in [5.74, 6) is 0.797. The van der Waals surface area contributed by atoms with Gasteiger partial charge in [0.15, 0.2) is 0 Å². The number of hydrogen-bond acceptors (Lipinski definition) is 3. The molecular weight excluding hydrogens is 326 g/mol. The van der Waals surface area contributed by atoms with E-state index in [0.29, 0.717) is 6.54 Å². The third-order valence-electron chi connectivity index (χ3n) is 2.96. The molecule has 0 aliphatic heterocycles. The predicted molar refractivity (Wildman–Crippen MR) is 81.4 cm³/mol. The van der Waals surface area contributed by atoms with Gasteiger partial charge in [-0.05, 0) is 28.4 Å². The molecule has 0 saturated carbocycles. The van der Waals surface area contributed by atoms with Gasteiger partial charge in [-0.2, -0.15) is 5.10 Å². The van der Waals surface area contributed by atoms with E-state index in [1.165, 1.54) is 4.88 Å². The SMILES string of the molecule is CC[C@H](C)C(=O)Nc1ccnn1Cc1cc(Br)cs1. The number of carbonyl (C=O) groups is 1. The van der Waals surface area contributed by atoms with E-state index in [2.05, 4.69) is 32.4 Å². The molecule has 0 aromatic carbocycles. The van der Waals surface area contributed by atoms with E-state index in [9.17, 15) is 4.79 Å². The van der Waals surface area contributed by atoms with Crippen LogP contribution in [0.15, 0.2) is 28.2 Å². The number of amides is 1. The molecule has 2 aromatic rings. The Kier molecular flexibility index (Phi) is 4.76. The number of rotatable bonds is 5. The first-order valence-electron chi connectivity index (χ1n) is 6.15. The van der Waals surface area contributed by atoms with E-state index in [0.717, 1.165) is 16.7 Å². The van der Waals surface area contributed by atoms with E-state index in [4.69, 9.17) is 0 Å². The summed E-state index contributed by atoms with van der Waals surface area (Å²) in [6, 6.07) is 3.88. The summed E-state index contributed by atoms with van der Waals surface area (Å²) in [7, 11) is 0.